The van der Waals surface area contributed by atoms with Crippen molar-refractivity contribution >= 4 is 11.6 Å². The maximum absolute atomic E-state index is 13.4. The topological polar surface area (TPSA) is 64.0 Å². The maximum Gasteiger partial charge on any atom is 0.419 e. The zero-order valence-electron chi connectivity index (χ0n) is 15.4. The van der Waals surface area contributed by atoms with Crippen molar-refractivity contribution in [3.05, 3.63) is 82.1 Å². The number of halogens is 5. The molecule has 2 aromatic carbocycles. The molecular formula is C20H14F5N3O2. The first kappa shape index (κ1) is 21.2. The molecule has 0 aliphatic carbocycles. The Balaban J connectivity index is 1.87. The van der Waals surface area contributed by atoms with Crippen molar-refractivity contribution in [2.24, 2.45) is 0 Å². The smallest absolute Gasteiger partial charge is 0.324 e. The molecular weight excluding hydrogens is 409 g/mol. The molecule has 0 saturated carbocycles. The maximum atomic E-state index is 13.4. The summed E-state index contributed by atoms with van der Waals surface area (Å²) in [5.41, 5.74) is -1.66. The minimum absolute atomic E-state index is 0.287. The Morgan fingerprint density at radius 2 is 1.70 bits per heavy atom. The number of nitrogens with zero attached hydrogens (tertiary/aromatic N) is 2. The Hall–Kier alpha value is -3.56. The van der Waals surface area contributed by atoms with Crippen molar-refractivity contribution < 1.29 is 26.7 Å². The summed E-state index contributed by atoms with van der Waals surface area (Å²) in [5.74, 6) is -2.77. The van der Waals surface area contributed by atoms with Gasteiger partial charge in [0.2, 0.25) is 5.91 Å². The lowest BCUT2D eigenvalue weighted by Gasteiger charge is -2.16. The average molecular weight is 423 g/mol. The van der Waals surface area contributed by atoms with E-state index >= 15 is 0 Å². The number of hydrogen-bond acceptors (Lipinski definition) is 3. The first-order valence-corrected chi connectivity index (χ1v) is 8.59. The summed E-state index contributed by atoms with van der Waals surface area (Å²) in [5, 5.41) is 6.31. The number of anilines is 1. The van der Waals surface area contributed by atoms with E-state index in [0.717, 1.165) is 16.8 Å². The monoisotopic (exact) mass is 423 g/mol. The van der Waals surface area contributed by atoms with Gasteiger partial charge in [0.25, 0.3) is 5.56 Å². The van der Waals surface area contributed by atoms with Gasteiger partial charge in [0.1, 0.15) is 17.7 Å². The molecule has 0 bridgehead atoms. The largest absolute Gasteiger partial charge is 0.419 e. The summed E-state index contributed by atoms with van der Waals surface area (Å²) >= 11 is 0. The van der Waals surface area contributed by atoms with Crippen LogP contribution in [0.1, 0.15) is 18.5 Å². The van der Waals surface area contributed by atoms with Crippen LogP contribution >= 0.6 is 0 Å². The number of nitrogens with one attached hydrogen (secondary N) is 1. The van der Waals surface area contributed by atoms with Gasteiger partial charge in [0.15, 0.2) is 0 Å². The lowest BCUT2D eigenvalue weighted by Crippen LogP contribution is -2.33. The molecule has 3 aromatic rings. The van der Waals surface area contributed by atoms with Gasteiger partial charge >= 0.3 is 6.18 Å². The van der Waals surface area contributed by atoms with E-state index in [1.165, 1.54) is 37.3 Å². The van der Waals surface area contributed by atoms with Crippen molar-refractivity contribution in [3.63, 3.8) is 0 Å². The Morgan fingerprint density at radius 1 is 1.03 bits per heavy atom. The summed E-state index contributed by atoms with van der Waals surface area (Å²) < 4.78 is 65.9. The number of aromatic nitrogens is 2. The van der Waals surface area contributed by atoms with E-state index < -0.39 is 40.9 Å². The predicted molar refractivity (Wildman–Crippen MR) is 98.6 cm³/mol. The van der Waals surface area contributed by atoms with Crippen LogP contribution in [0.4, 0.5) is 27.6 Å². The molecule has 156 valence electrons. The second-order valence-corrected chi connectivity index (χ2v) is 6.37. The molecule has 5 nitrogen and oxygen atoms in total. The van der Waals surface area contributed by atoms with E-state index in [4.69, 9.17) is 0 Å². The minimum atomic E-state index is -4.93. The van der Waals surface area contributed by atoms with E-state index in [-0.39, 0.29) is 11.4 Å². The zero-order valence-corrected chi connectivity index (χ0v) is 15.4. The number of rotatable bonds is 4. The molecule has 10 heteroatoms. The highest BCUT2D eigenvalue weighted by atomic mass is 19.4. The van der Waals surface area contributed by atoms with Crippen molar-refractivity contribution in [1.29, 1.82) is 0 Å². The van der Waals surface area contributed by atoms with Gasteiger partial charge in [-0.25, -0.2) is 13.5 Å². The second-order valence-electron chi connectivity index (χ2n) is 6.37. The van der Waals surface area contributed by atoms with E-state index in [0.29, 0.717) is 17.7 Å². The van der Waals surface area contributed by atoms with Gasteiger partial charge in [-0.05, 0) is 55.5 Å². The van der Waals surface area contributed by atoms with Crippen LogP contribution in [0.15, 0.2) is 59.4 Å². The van der Waals surface area contributed by atoms with Gasteiger partial charge < -0.3 is 5.32 Å². The quantitative estimate of drug-likeness (QED) is 0.633. The van der Waals surface area contributed by atoms with Crippen LogP contribution < -0.4 is 10.9 Å². The zero-order chi connectivity index (χ0) is 22.1. The molecule has 0 aliphatic rings. The fraction of sp³-hybridized carbons (Fsp3) is 0.150. The van der Waals surface area contributed by atoms with Gasteiger partial charge in [0.05, 0.1) is 11.3 Å². The highest BCUT2D eigenvalue weighted by Crippen LogP contribution is 2.33. The van der Waals surface area contributed by atoms with Crippen LogP contribution in [0.3, 0.4) is 0 Å². The average Bonchev–Trinajstić information content (AvgIpc) is 2.69. The number of benzene rings is 2. The first-order chi connectivity index (χ1) is 14.1. The Kier molecular flexibility index (Phi) is 5.68. The SMILES string of the molecule is CC(C(=O)Nc1ccc(F)c(C(F)(F)F)c1)n1nc(-c2ccc(F)cc2)ccc1=O. The van der Waals surface area contributed by atoms with E-state index in [1.54, 1.807) is 0 Å². The Morgan fingerprint density at radius 3 is 2.33 bits per heavy atom. The molecule has 1 heterocycles. The molecule has 0 radical (unpaired) electrons. The number of carbonyl (C=O) groups excluding carboxylic acids is 1. The van der Waals surface area contributed by atoms with E-state index in [9.17, 15) is 31.5 Å². The van der Waals surface area contributed by atoms with Gasteiger partial charge in [-0.15, -0.1) is 0 Å². The highest BCUT2D eigenvalue weighted by Gasteiger charge is 2.34. The van der Waals surface area contributed by atoms with Crippen LogP contribution in [-0.2, 0) is 11.0 Å². The molecule has 30 heavy (non-hydrogen) atoms. The molecule has 0 fully saturated rings. The lowest BCUT2D eigenvalue weighted by molar-refractivity contribution is -0.140. The summed E-state index contributed by atoms with van der Waals surface area (Å²) in [7, 11) is 0. The third-order valence-corrected chi connectivity index (χ3v) is 4.25. The minimum Gasteiger partial charge on any atom is -0.324 e. The second kappa shape index (κ2) is 8.05. The molecule has 0 saturated heterocycles. The number of carbonyl (C=O) groups is 1. The lowest BCUT2D eigenvalue weighted by atomic mass is 10.1. The standard InChI is InChI=1S/C20H14F5N3O2/c1-11(19(30)26-14-6-7-16(22)15(10-14)20(23,24)25)28-18(29)9-8-17(27-28)12-2-4-13(21)5-3-12/h2-11H,1H3,(H,26,30). The van der Waals surface area contributed by atoms with Gasteiger partial charge in [-0.3, -0.25) is 9.59 Å². The molecule has 1 N–H and O–H groups in total. The van der Waals surface area contributed by atoms with Gasteiger partial charge in [-0.2, -0.15) is 18.3 Å². The van der Waals surface area contributed by atoms with Crippen LogP contribution in [0.25, 0.3) is 11.3 Å². The van der Waals surface area contributed by atoms with Crippen molar-refractivity contribution in [1.82, 2.24) is 9.78 Å². The van der Waals surface area contributed by atoms with Gasteiger partial charge in [0, 0.05) is 17.3 Å². The summed E-state index contributed by atoms with van der Waals surface area (Å²) in [6.07, 6.45) is -4.93. The molecule has 1 amide bonds. The van der Waals surface area contributed by atoms with Gasteiger partial charge in [-0.1, -0.05) is 0 Å². The number of alkyl halides is 3. The van der Waals surface area contributed by atoms with E-state index in [1.807, 2.05) is 0 Å². The van der Waals surface area contributed by atoms with Crippen molar-refractivity contribution in [3.8, 4) is 11.3 Å². The summed E-state index contributed by atoms with van der Waals surface area (Å²) in [6.45, 7) is 1.33. The first-order valence-electron chi connectivity index (χ1n) is 8.59. The molecule has 0 spiro atoms. The van der Waals surface area contributed by atoms with Crippen LogP contribution in [0.2, 0.25) is 0 Å². The fourth-order valence-electron chi connectivity index (χ4n) is 2.66. The molecule has 0 aliphatic heterocycles. The van der Waals surface area contributed by atoms with Crippen LogP contribution in [0.5, 0.6) is 0 Å². The van der Waals surface area contributed by atoms with Crippen LogP contribution in [-0.4, -0.2) is 15.7 Å². The predicted octanol–water partition coefficient (Wildman–Crippen LogP) is 4.41. The Bertz CT molecular complexity index is 1140. The molecule has 3 rings (SSSR count). The Labute approximate surface area is 166 Å². The molecule has 1 unspecified atom stereocenters. The molecule has 1 atom stereocenters. The van der Waals surface area contributed by atoms with Crippen LogP contribution in [0, 0.1) is 11.6 Å². The van der Waals surface area contributed by atoms with Crippen molar-refractivity contribution in [2.45, 2.75) is 19.1 Å². The number of hydrogen-bond donors (Lipinski definition) is 1. The van der Waals surface area contributed by atoms with E-state index in [2.05, 4.69) is 10.4 Å². The fourth-order valence-corrected chi connectivity index (χ4v) is 2.66. The van der Waals surface area contributed by atoms with Crippen molar-refractivity contribution in [2.75, 3.05) is 5.32 Å². The summed E-state index contributed by atoms with van der Waals surface area (Å²) in [6, 6.07) is 8.67. The third-order valence-electron chi connectivity index (χ3n) is 4.25. The normalized spacial score (nSPS) is 12.5. The molecule has 1 aromatic heterocycles. The highest BCUT2D eigenvalue weighted by molar-refractivity contribution is 5.93. The third kappa shape index (κ3) is 4.53. The summed E-state index contributed by atoms with van der Waals surface area (Å²) in [4.78, 5) is 24.6. The number of amides is 1.